The first-order valence-electron chi connectivity index (χ1n) is 6.25. The Kier molecular flexibility index (Phi) is 5.01. The van der Waals surface area contributed by atoms with Crippen LogP contribution < -0.4 is 20.7 Å². The van der Waals surface area contributed by atoms with Crippen molar-refractivity contribution in [1.82, 2.24) is 5.43 Å². The zero-order valence-electron chi connectivity index (χ0n) is 11.7. The van der Waals surface area contributed by atoms with Gasteiger partial charge in [0.25, 0.3) is 0 Å². The van der Waals surface area contributed by atoms with Crippen molar-refractivity contribution < 1.29 is 13.9 Å². The van der Waals surface area contributed by atoms with E-state index in [-0.39, 0.29) is 5.02 Å². The number of methoxy groups -OCH3 is 2. The fourth-order valence-electron chi connectivity index (χ4n) is 2.24. The van der Waals surface area contributed by atoms with Crippen LogP contribution in [-0.4, -0.2) is 14.2 Å². The van der Waals surface area contributed by atoms with Crippen molar-refractivity contribution in [2.75, 3.05) is 14.2 Å². The van der Waals surface area contributed by atoms with Gasteiger partial charge in [0.1, 0.15) is 17.3 Å². The van der Waals surface area contributed by atoms with Gasteiger partial charge in [0.15, 0.2) is 0 Å². The van der Waals surface area contributed by atoms with Gasteiger partial charge >= 0.3 is 0 Å². The molecule has 0 aromatic heterocycles. The molecule has 3 N–H and O–H groups in total. The first kappa shape index (κ1) is 15.6. The summed E-state index contributed by atoms with van der Waals surface area (Å²) in [6, 6.07) is 9.33. The number of benzene rings is 2. The zero-order chi connectivity index (χ0) is 15.4. The molecule has 2 aromatic carbocycles. The van der Waals surface area contributed by atoms with Crippen LogP contribution in [0.5, 0.6) is 11.5 Å². The van der Waals surface area contributed by atoms with Gasteiger partial charge < -0.3 is 9.47 Å². The Morgan fingerprint density at radius 2 is 1.67 bits per heavy atom. The van der Waals surface area contributed by atoms with E-state index in [1.807, 2.05) is 0 Å². The second-order valence-corrected chi connectivity index (χ2v) is 4.70. The van der Waals surface area contributed by atoms with Gasteiger partial charge in [-0.2, -0.15) is 0 Å². The maximum atomic E-state index is 13.7. The SMILES string of the molecule is COc1cccc(OC)c1C(NN)c1cccc(F)c1Cl. The molecule has 0 spiro atoms. The summed E-state index contributed by atoms with van der Waals surface area (Å²) in [5.41, 5.74) is 3.79. The molecule has 0 aliphatic rings. The lowest BCUT2D eigenvalue weighted by Crippen LogP contribution is -2.30. The van der Waals surface area contributed by atoms with Gasteiger partial charge in [-0.3, -0.25) is 5.84 Å². The smallest absolute Gasteiger partial charge is 0.142 e. The monoisotopic (exact) mass is 310 g/mol. The van der Waals surface area contributed by atoms with E-state index < -0.39 is 11.9 Å². The topological polar surface area (TPSA) is 56.5 Å². The van der Waals surface area contributed by atoms with Crippen molar-refractivity contribution in [2.24, 2.45) is 5.84 Å². The van der Waals surface area contributed by atoms with Gasteiger partial charge in [-0.25, -0.2) is 9.82 Å². The van der Waals surface area contributed by atoms with Crippen LogP contribution in [0.1, 0.15) is 17.2 Å². The normalized spacial score (nSPS) is 12.0. The van der Waals surface area contributed by atoms with Gasteiger partial charge in [-0.15, -0.1) is 0 Å². The molecule has 0 heterocycles. The predicted molar refractivity (Wildman–Crippen MR) is 80.1 cm³/mol. The molecule has 1 unspecified atom stereocenters. The van der Waals surface area contributed by atoms with Gasteiger partial charge in [0, 0.05) is 0 Å². The largest absolute Gasteiger partial charge is 0.496 e. The minimum Gasteiger partial charge on any atom is -0.496 e. The van der Waals surface area contributed by atoms with Gasteiger partial charge in [0.05, 0.1) is 30.8 Å². The molecule has 2 aromatic rings. The molecule has 0 bridgehead atoms. The Balaban J connectivity index is 2.64. The fourth-order valence-corrected chi connectivity index (χ4v) is 2.47. The maximum Gasteiger partial charge on any atom is 0.142 e. The van der Waals surface area contributed by atoms with E-state index in [0.29, 0.717) is 22.6 Å². The third-order valence-electron chi connectivity index (χ3n) is 3.21. The minimum absolute atomic E-state index is 0.00779. The first-order valence-corrected chi connectivity index (χ1v) is 6.62. The fraction of sp³-hybridized carbons (Fsp3) is 0.200. The Labute approximate surface area is 127 Å². The van der Waals surface area contributed by atoms with E-state index in [1.54, 1.807) is 44.6 Å². The zero-order valence-corrected chi connectivity index (χ0v) is 12.4. The highest BCUT2D eigenvalue weighted by molar-refractivity contribution is 6.31. The quantitative estimate of drug-likeness (QED) is 0.658. The van der Waals surface area contributed by atoms with Crippen LogP contribution in [-0.2, 0) is 0 Å². The van der Waals surface area contributed by atoms with Crippen molar-refractivity contribution in [3.63, 3.8) is 0 Å². The molecule has 112 valence electrons. The molecule has 6 heteroatoms. The lowest BCUT2D eigenvalue weighted by Gasteiger charge is -2.23. The summed E-state index contributed by atoms with van der Waals surface area (Å²) in [6.45, 7) is 0. The summed E-state index contributed by atoms with van der Waals surface area (Å²) in [7, 11) is 3.08. The Hall–Kier alpha value is -1.82. The maximum absolute atomic E-state index is 13.7. The standard InChI is InChI=1S/C15H16ClFN2O2/c1-20-11-7-4-8-12(21-2)13(11)15(19-18)9-5-3-6-10(17)14(9)16/h3-8,15,19H,18H2,1-2H3. The lowest BCUT2D eigenvalue weighted by atomic mass is 9.97. The molecule has 21 heavy (non-hydrogen) atoms. The van der Waals surface area contributed by atoms with Crippen LogP contribution >= 0.6 is 11.6 Å². The molecular formula is C15H16ClFN2O2. The number of nitrogens with two attached hydrogens (primary N) is 1. The summed E-state index contributed by atoms with van der Waals surface area (Å²) in [4.78, 5) is 0. The van der Waals surface area contributed by atoms with Crippen molar-refractivity contribution >= 4 is 11.6 Å². The summed E-state index contributed by atoms with van der Waals surface area (Å²) >= 11 is 6.06. The first-order chi connectivity index (χ1) is 10.1. The number of rotatable bonds is 5. The van der Waals surface area contributed by atoms with Crippen LogP contribution in [0.4, 0.5) is 4.39 Å². The van der Waals surface area contributed by atoms with E-state index in [4.69, 9.17) is 26.9 Å². The Bertz CT molecular complexity index is 615. The highest BCUT2D eigenvalue weighted by Crippen LogP contribution is 2.39. The number of hydrogen-bond donors (Lipinski definition) is 2. The molecular weight excluding hydrogens is 295 g/mol. The van der Waals surface area contributed by atoms with Crippen LogP contribution in [0.2, 0.25) is 5.02 Å². The van der Waals surface area contributed by atoms with Gasteiger partial charge in [-0.1, -0.05) is 29.8 Å². The lowest BCUT2D eigenvalue weighted by molar-refractivity contribution is 0.377. The molecule has 0 saturated heterocycles. The average Bonchev–Trinajstić information content (AvgIpc) is 2.52. The van der Waals surface area contributed by atoms with E-state index in [1.165, 1.54) is 6.07 Å². The number of nitrogens with one attached hydrogen (secondary N) is 1. The van der Waals surface area contributed by atoms with Gasteiger partial charge in [0.2, 0.25) is 0 Å². The Morgan fingerprint density at radius 3 is 2.19 bits per heavy atom. The number of ether oxygens (including phenoxy) is 2. The van der Waals surface area contributed by atoms with Crippen LogP contribution in [0.3, 0.4) is 0 Å². The molecule has 0 fully saturated rings. The molecule has 1 atom stereocenters. The summed E-state index contributed by atoms with van der Waals surface area (Å²) < 4.78 is 24.4. The van der Waals surface area contributed by atoms with E-state index in [0.717, 1.165) is 0 Å². The van der Waals surface area contributed by atoms with Gasteiger partial charge in [-0.05, 0) is 23.8 Å². The number of hydrazine groups is 1. The molecule has 0 saturated carbocycles. The number of hydrogen-bond acceptors (Lipinski definition) is 4. The van der Waals surface area contributed by atoms with Crippen LogP contribution in [0, 0.1) is 5.82 Å². The molecule has 2 rings (SSSR count). The molecule has 0 aliphatic heterocycles. The predicted octanol–water partition coefficient (Wildman–Crippen LogP) is 3.05. The second-order valence-electron chi connectivity index (χ2n) is 4.32. The van der Waals surface area contributed by atoms with Crippen molar-refractivity contribution in [3.05, 3.63) is 58.4 Å². The molecule has 4 nitrogen and oxygen atoms in total. The molecule has 0 aliphatic carbocycles. The molecule has 0 amide bonds. The third-order valence-corrected chi connectivity index (χ3v) is 3.61. The molecule has 0 radical (unpaired) electrons. The average molecular weight is 311 g/mol. The van der Waals surface area contributed by atoms with E-state index in [9.17, 15) is 4.39 Å². The van der Waals surface area contributed by atoms with Crippen LogP contribution in [0.15, 0.2) is 36.4 Å². The highest BCUT2D eigenvalue weighted by Gasteiger charge is 2.24. The van der Waals surface area contributed by atoms with Crippen molar-refractivity contribution in [1.29, 1.82) is 0 Å². The van der Waals surface area contributed by atoms with Crippen molar-refractivity contribution in [2.45, 2.75) is 6.04 Å². The number of halogens is 2. The summed E-state index contributed by atoms with van der Waals surface area (Å²) in [5, 5.41) is 0.00779. The highest BCUT2D eigenvalue weighted by atomic mass is 35.5. The van der Waals surface area contributed by atoms with Crippen LogP contribution in [0.25, 0.3) is 0 Å². The minimum atomic E-state index is -0.570. The Morgan fingerprint density at radius 1 is 1.10 bits per heavy atom. The van der Waals surface area contributed by atoms with Crippen molar-refractivity contribution in [3.8, 4) is 11.5 Å². The summed E-state index contributed by atoms with van der Waals surface area (Å²) in [5.74, 6) is 6.28. The van der Waals surface area contributed by atoms with E-state index >= 15 is 0 Å². The van der Waals surface area contributed by atoms with E-state index in [2.05, 4.69) is 5.43 Å². The second kappa shape index (κ2) is 6.76. The summed E-state index contributed by atoms with van der Waals surface area (Å²) in [6.07, 6.45) is 0. The third kappa shape index (κ3) is 2.95.